The number of aromatic nitrogens is 1. The Bertz CT molecular complexity index is 912. The minimum Gasteiger partial charge on any atom is -0.493 e. The molecule has 2 atom stereocenters. The minimum atomic E-state index is -0.581. The summed E-state index contributed by atoms with van der Waals surface area (Å²) in [7, 11) is 3.21. The molecular weight excluding hydrogens is 388 g/mol. The number of carbonyl (C=O) groups excluding carboxylic acids is 1. The molecule has 7 heteroatoms. The van der Waals surface area contributed by atoms with Crippen LogP contribution in [0.4, 0.5) is 0 Å². The Hall–Kier alpha value is -2.12. The van der Waals surface area contributed by atoms with Gasteiger partial charge in [-0.1, -0.05) is 12.8 Å². The monoisotopic (exact) mass is 416 g/mol. The van der Waals surface area contributed by atoms with Crippen LogP contribution in [0.25, 0.3) is 10.6 Å². The Morgan fingerprint density at radius 2 is 2.03 bits per heavy atom. The second-order valence-corrected chi connectivity index (χ2v) is 9.05. The van der Waals surface area contributed by atoms with Gasteiger partial charge in [0.2, 0.25) is 0 Å². The third-order valence-corrected chi connectivity index (χ3v) is 7.53. The Balaban J connectivity index is 1.56. The molecule has 1 amide bonds. The standard InChI is InChI=1S/C22H28N2O4S/c1-14-19(21(25)24-11-10-22(26)9-5-4-6-16(22)13-24)29-20(23-14)15-7-8-17(27-2)18(12-15)28-3/h7-8,12,16,26H,4-6,9-11,13H2,1-3H3/t16-,22+/m1/s1. The van der Waals surface area contributed by atoms with Gasteiger partial charge in [0.1, 0.15) is 9.88 Å². The van der Waals surface area contributed by atoms with Gasteiger partial charge in [-0.25, -0.2) is 4.98 Å². The van der Waals surface area contributed by atoms with Crippen molar-refractivity contribution in [3.63, 3.8) is 0 Å². The van der Waals surface area contributed by atoms with Crippen molar-refractivity contribution in [2.24, 2.45) is 5.92 Å². The summed E-state index contributed by atoms with van der Waals surface area (Å²) in [6.07, 6.45) is 4.76. The van der Waals surface area contributed by atoms with E-state index in [1.807, 2.05) is 30.0 Å². The van der Waals surface area contributed by atoms with E-state index in [4.69, 9.17) is 9.47 Å². The first-order valence-electron chi connectivity index (χ1n) is 10.2. The molecule has 2 aliphatic rings. The van der Waals surface area contributed by atoms with E-state index >= 15 is 0 Å². The number of likely N-dealkylation sites (tertiary alicyclic amines) is 1. The molecule has 2 heterocycles. The summed E-state index contributed by atoms with van der Waals surface area (Å²) in [5.74, 6) is 1.51. The summed E-state index contributed by atoms with van der Waals surface area (Å²) in [6, 6.07) is 5.66. The van der Waals surface area contributed by atoms with Crippen molar-refractivity contribution in [1.82, 2.24) is 9.88 Å². The van der Waals surface area contributed by atoms with Crippen molar-refractivity contribution < 1.29 is 19.4 Å². The Kier molecular flexibility index (Phi) is 5.53. The maximum absolute atomic E-state index is 13.2. The van der Waals surface area contributed by atoms with Crippen molar-refractivity contribution in [2.75, 3.05) is 27.3 Å². The maximum Gasteiger partial charge on any atom is 0.265 e. The van der Waals surface area contributed by atoms with Crippen LogP contribution in [0.1, 0.15) is 47.5 Å². The summed E-state index contributed by atoms with van der Waals surface area (Å²) >= 11 is 1.41. The van der Waals surface area contributed by atoms with Crippen LogP contribution in [0.2, 0.25) is 0 Å². The molecule has 2 aromatic rings. The average Bonchev–Trinajstić information content (AvgIpc) is 3.13. The number of benzene rings is 1. The fourth-order valence-corrected chi connectivity index (χ4v) is 5.62. The summed E-state index contributed by atoms with van der Waals surface area (Å²) in [4.78, 5) is 20.5. The van der Waals surface area contributed by atoms with Crippen LogP contribution in [0.3, 0.4) is 0 Å². The van der Waals surface area contributed by atoms with E-state index in [-0.39, 0.29) is 11.8 Å². The number of fused-ring (bicyclic) bond motifs is 1. The van der Waals surface area contributed by atoms with Gasteiger partial charge in [0, 0.05) is 24.6 Å². The highest BCUT2D eigenvalue weighted by Crippen LogP contribution is 2.41. The van der Waals surface area contributed by atoms with Crippen molar-refractivity contribution in [3.8, 4) is 22.1 Å². The zero-order valence-corrected chi connectivity index (χ0v) is 18.1. The van der Waals surface area contributed by atoms with Gasteiger partial charge < -0.3 is 19.5 Å². The molecule has 0 radical (unpaired) electrons. The summed E-state index contributed by atoms with van der Waals surface area (Å²) in [5.41, 5.74) is 1.06. The van der Waals surface area contributed by atoms with E-state index in [2.05, 4.69) is 4.98 Å². The van der Waals surface area contributed by atoms with Crippen LogP contribution in [-0.2, 0) is 0 Å². The van der Waals surface area contributed by atoms with Crippen molar-refractivity contribution in [2.45, 2.75) is 44.6 Å². The van der Waals surface area contributed by atoms with Crippen molar-refractivity contribution >= 4 is 17.2 Å². The second kappa shape index (κ2) is 7.95. The second-order valence-electron chi connectivity index (χ2n) is 8.05. The molecule has 2 fully saturated rings. The lowest BCUT2D eigenvalue weighted by Crippen LogP contribution is -2.54. The van der Waals surface area contributed by atoms with E-state index in [0.717, 1.165) is 41.9 Å². The molecule has 1 aromatic heterocycles. The molecule has 0 spiro atoms. The molecule has 1 aromatic carbocycles. The lowest BCUT2D eigenvalue weighted by atomic mass is 9.71. The number of piperidine rings is 1. The van der Waals surface area contributed by atoms with E-state index in [1.165, 1.54) is 11.3 Å². The smallest absolute Gasteiger partial charge is 0.265 e. The first-order valence-corrected chi connectivity index (χ1v) is 11.0. The predicted octanol–water partition coefficient (Wildman–Crippen LogP) is 3.90. The van der Waals surface area contributed by atoms with Crippen LogP contribution in [-0.4, -0.2) is 53.8 Å². The summed E-state index contributed by atoms with van der Waals surface area (Å²) < 4.78 is 10.7. The largest absolute Gasteiger partial charge is 0.493 e. The molecule has 0 unspecified atom stereocenters. The van der Waals surface area contributed by atoms with E-state index < -0.39 is 5.60 Å². The zero-order valence-electron chi connectivity index (χ0n) is 17.2. The number of hydrogen-bond acceptors (Lipinski definition) is 6. The van der Waals surface area contributed by atoms with E-state index in [1.54, 1.807) is 14.2 Å². The van der Waals surface area contributed by atoms with Crippen LogP contribution < -0.4 is 9.47 Å². The molecular formula is C22H28N2O4S. The molecule has 1 aliphatic heterocycles. The normalized spacial score (nSPS) is 24.1. The number of carbonyl (C=O) groups is 1. The number of rotatable bonds is 4. The predicted molar refractivity (Wildman–Crippen MR) is 113 cm³/mol. The van der Waals surface area contributed by atoms with Crippen LogP contribution in [0, 0.1) is 12.8 Å². The van der Waals surface area contributed by atoms with Gasteiger partial charge in [0.05, 0.1) is 25.5 Å². The zero-order chi connectivity index (χ0) is 20.6. The first-order chi connectivity index (χ1) is 13.9. The van der Waals surface area contributed by atoms with E-state index in [9.17, 15) is 9.90 Å². The van der Waals surface area contributed by atoms with Gasteiger partial charge in [-0.2, -0.15) is 0 Å². The van der Waals surface area contributed by atoms with Gasteiger partial charge in [-0.15, -0.1) is 11.3 Å². The van der Waals surface area contributed by atoms with Crippen LogP contribution >= 0.6 is 11.3 Å². The topological polar surface area (TPSA) is 71.9 Å². The molecule has 1 N–H and O–H groups in total. The quantitative estimate of drug-likeness (QED) is 0.818. The third-order valence-electron chi connectivity index (χ3n) is 6.34. The van der Waals surface area contributed by atoms with Crippen molar-refractivity contribution in [3.05, 3.63) is 28.8 Å². The molecule has 4 rings (SSSR count). The lowest BCUT2D eigenvalue weighted by molar-refractivity contribution is -0.0885. The van der Waals surface area contributed by atoms with Gasteiger partial charge in [-0.3, -0.25) is 4.79 Å². The molecule has 156 valence electrons. The Morgan fingerprint density at radius 3 is 2.79 bits per heavy atom. The molecule has 0 bridgehead atoms. The SMILES string of the molecule is COc1ccc(-c2nc(C)c(C(=O)N3CC[C@@]4(O)CCCC[C@@H]4C3)s2)cc1OC. The number of ether oxygens (including phenoxy) is 2. The molecule has 1 saturated heterocycles. The highest BCUT2D eigenvalue weighted by Gasteiger charge is 2.44. The van der Waals surface area contributed by atoms with Crippen LogP contribution in [0.5, 0.6) is 11.5 Å². The maximum atomic E-state index is 13.2. The fourth-order valence-electron chi connectivity index (χ4n) is 4.59. The highest BCUT2D eigenvalue weighted by atomic mass is 32.1. The number of hydrogen-bond donors (Lipinski definition) is 1. The number of aryl methyl sites for hydroxylation is 1. The highest BCUT2D eigenvalue weighted by molar-refractivity contribution is 7.17. The van der Waals surface area contributed by atoms with E-state index in [0.29, 0.717) is 35.9 Å². The number of thiazole rings is 1. The average molecular weight is 417 g/mol. The fraction of sp³-hybridized carbons (Fsp3) is 0.545. The van der Waals surface area contributed by atoms with Gasteiger partial charge in [-0.05, 0) is 44.4 Å². The summed E-state index contributed by atoms with van der Waals surface area (Å²) in [5, 5.41) is 11.7. The first kappa shape index (κ1) is 20.2. The summed E-state index contributed by atoms with van der Waals surface area (Å²) in [6.45, 7) is 3.13. The number of nitrogens with zero attached hydrogens (tertiary/aromatic N) is 2. The minimum absolute atomic E-state index is 0.0272. The Labute approximate surface area is 175 Å². The molecule has 1 aliphatic carbocycles. The number of amides is 1. The lowest BCUT2D eigenvalue weighted by Gasteiger charge is -2.47. The third kappa shape index (κ3) is 3.73. The molecule has 1 saturated carbocycles. The molecule has 6 nitrogen and oxygen atoms in total. The molecule has 29 heavy (non-hydrogen) atoms. The van der Waals surface area contributed by atoms with Gasteiger partial charge in [0.15, 0.2) is 11.5 Å². The van der Waals surface area contributed by atoms with Crippen LogP contribution in [0.15, 0.2) is 18.2 Å². The van der Waals surface area contributed by atoms with Gasteiger partial charge in [0.25, 0.3) is 5.91 Å². The number of aliphatic hydroxyl groups is 1. The van der Waals surface area contributed by atoms with Gasteiger partial charge >= 0.3 is 0 Å². The van der Waals surface area contributed by atoms with Crippen molar-refractivity contribution in [1.29, 1.82) is 0 Å². The number of methoxy groups -OCH3 is 2. The Morgan fingerprint density at radius 1 is 1.24 bits per heavy atom.